The molecular formula is C21H28FN3O2S. The SMILES string of the molecule is O=S(=O)(CCc1ccccc1)NCCCN1CCN(c2ccc(F)cc2)CC1. The van der Waals surface area contributed by atoms with Crippen molar-refractivity contribution in [2.75, 3.05) is 49.9 Å². The van der Waals surface area contributed by atoms with E-state index in [1.807, 2.05) is 42.5 Å². The van der Waals surface area contributed by atoms with Crippen LogP contribution in [0.2, 0.25) is 0 Å². The number of nitrogens with one attached hydrogen (secondary N) is 1. The minimum absolute atomic E-state index is 0.118. The second kappa shape index (κ2) is 10.0. The molecule has 1 aliphatic rings. The third-order valence-electron chi connectivity index (χ3n) is 5.04. The first-order chi connectivity index (χ1) is 13.5. The van der Waals surface area contributed by atoms with Gasteiger partial charge in [0.05, 0.1) is 5.75 Å². The standard InChI is InChI=1S/C21H28FN3O2S/c22-20-7-9-21(10-8-20)25-16-14-24(15-17-25)13-4-12-23-28(26,27)18-11-19-5-2-1-3-6-19/h1-3,5-10,23H,4,11-18H2. The molecule has 2 aromatic carbocycles. The molecule has 1 fully saturated rings. The van der Waals surface area contributed by atoms with Crippen LogP contribution in [0.5, 0.6) is 0 Å². The van der Waals surface area contributed by atoms with Crippen molar-refractivity contribution < 1.29 is 12.8 Å². The largest absolute Gasteiger partial charge is 0.369 e. The highest BCUT2D eigenvalue weighted by Crippen LogP contribution is 2.16. The average molecular weight is 406 g/mol. The van der Waals surface area contributed by atoms with E-state index in [0.717, 1.165) is 50.4 Å². The quantitative estimate of drug-likeness (QED) is 0.652. The topological polar surface area (TPSA) is 52.7 Å². The minimum atomic E-state index is -3.24. The predicted octanol–water partition coefficient (Wildman–Crippen LogP) is 2.50. The molecular weight excluding hydrogens is 377 g/mol. The number of halogens is 1. The van der Waals surface area contributed by atoms with Crippen LogP contribution in [-0.2, 0) is 16.4 Å². The maximum atomic E-state index is 13.0. The van der Waals surface area contributed by atoms with Gasteiger partial charge >= 0.3 is 0 Å². The van der Waals surface area contributed by atoms with E-state index in [0.29, 0.717) is 13.0 Å². The zero-order chi connectivity index (χ0) is 19.8. The molecule has 152 valence electrons. The molecule has 0 spiro atoms. The summed E-state index contributed by atoms with van der Waals surface area (Å²) in [6.45, 7) is 4.99. The molecule has 7 heteroatoms. The van der Waals surface area contributed by atoms with Gasteiger partial charge in [-0.05, 0) is 49.2 Å². The van der Waals surface area contributed by atoms with Gasteiger partial charge in [-0.3, -0.25) is 4.90 Å². The van der Waals surface area contributed by atoms with Crippen LogP contribution in [0, 0.1) is 5.82 Å². The van der Waals surface area contributed by atoms with Gasteiger partial charge in [0.2, 0.25) is 10.0 Å². The van der Waals surface area contributed by atoms with Crippen molar-refractivity contribution in [3.8, 4) is 0 Å². The van der Waals surface area contributed by atoms with E-state index in [9.17, 15) is 12.8 Å². The van der Waals surface area contributed by atoms with Gasteiger partial charge in [-0.1, -0.05) is 30.3 Å². The van der Waals surface area contributed by atoms with Crippen LogP contribution in [-0.4, -0.2) is 58.3 Å². The number of anilines is 1. The van der Waals surface area contributed by atoms with Crippen LogP contribution in [0.1, 0.15) is 12.0 Å². The van der Waals surface area contributed by atoms with Crippen molar-refractivity contribution in [3.05, 3.63) is 66.0 Å². The van der Waals surface area contributed by atoms with Crippen molar-refractivity contribution >= 4 is 15.7 Å². The van der Waals surface area contributed by atoms with E-state index in [-0.39, 0.29) is 11.6 Å². The van der Waals surface area contributed by atoms with Crippen molar-refractivity contribution in [1.82, 2.24) is 9.62 Å². The molecule has 5 nitrogen and oxygen atoms in total. The summed E-state index contributed by atoms with van der Waals surface area (Å²) in [5, 5.41) is 0. The summed E-state index contributed by atoms with van der Waals surface area (Å²) in [5.41, 5.74) is 2.08. The van der Waals surface area contributed by atoms with Crippen molar-refractivity contribution in [2.45, 2.75) is 12.8 Å². The van der Waals surface area contributed by atoms with Crippen molar-refractivity contribution in [2.24, 2.45) is 0 Å². The fourth-order valence-corrected chi connectivity index (χ4v) is 4.49. The monoisotopic (exact) mass is 405 g/mol. The molecule has 0 bridgehead atoms. The highest BCUT2D eigenvalue weighted by Gasteiger charge is 2.17. The molecule has 28 heavy (non-hydrogen) atoms. The summed E-state index contributed by atoms with van der Waals surface area (Å²) in [6.07, 6.45) is 1.32. The molecule has 3 rings (SSSR count). The number of rotatable bonds is 9. The maximum absolute atomic E-state index is 13.0. The summed E-state index contributed by atoms with van der Waals surface area (Å²) in [6, 6.07) is 16.3. The third-order valence-corrected chi connectivity index (χ3v) is 6.42. The number of benzene rings is 2. The highest BCUT2D eigenvalue weighted by molar-refractivity contribution is 7.89. The van der Waals surface area contributed by atoms with Crippen molar-refractivity contribution in [3.63, 3.8) is 0 Å². The summed E-state index contributed by atoms with van der Waals surface area (Å²) in [4.78, 5) is 4.60. The number of sulfonamides is 1. The molecule has 1 saturated heterocycles. The van der Waals surface area contributed by atoms with E-state index >= 15 is 0 Å². The van der Waals surface area contributed by atoms with Crippen LogP contribution < -0.4 is 9.62 Å². The number of aryl methyl sites for hydroxylation is 1. The van der Waals surface area contributed by atoms with Crippen molar-refractivity contribution in [1.29, 1.82) is 0 Å². The molecule has 0 atom stereocenters. The Morgan fingerprint density at radius 1 is 0.929 bits per heavy atom. The van der Waals surface area contributed by atoms with Gasteiger partial charge in [-0.25, -0.2) is 17.5 Å². The molecule has 0 saturated carbocycles. The zero-order valence-corrected chi connectivity index (χ0v) is 16.9. The number of nitrogens with zero attached hydrogens (tertiary/aromatic N) is 2. The van der Waals surface area contributed by atoms with E-state index < -0.39 is 10.0 Å². The van der Waals surface area contributed by atoms with Gasteiger partial charge in [0.1, 0.15) is 5.82 Å². The first kappa shape index (κ1) is 20.8. The highest BCUT2D eigenvalue weighted by atomic mass is 32.2. The summed E-state index contributed by atoms with van der Waals surface area (Å²) in [5.74, 6) is -0.0958. The van der Waals surface area contributed by atoms with Crippen LogP contribution in [0.4, 0.5) is 10.1 Å². The fourth-order valence-electron chi connectivity index (χ4n) is 3.38. The molecule has 2 aromatic rings. The van der Waals surface area contributed by atoms with E-state index in [2.05, 4.69) is 14.5 Å². The molecule has 1 aliphatic heterocycles. The van der Waals surface area contributed by atoms with Gasteiger partial charge in [0, 0.05) is 38.4 Å². The Morgan fingerprint density at radius 2 is 1.61 bits per heavy atom. The molecule has 1 heterocycles. The molecule has 0 radical (unpaired) electrons. The minimum Gasteiger partial charge on any atom is -0.369 e. The molecule has 0 amide bonds. The second-order valence-electron chi connectivity index (χ2n) is 7.11. The number of hydrogen-bond donors (Lipinski definition) is 1. The third kappa shape index (κ3) is 6.58. The normalized spacial score (nSPS) is 15.7. The average Bonchev–Trinajstić information content (AvgIpc) is 2.72. The summed E-state index contributed by atoms with van der Waals surface area (Å²) >= 11 is 0. The Morgan fingerprint density at radius 3 is 2.29 bits per heavy atom. The Labute approximate surface area is 167 Å². The number of hydrogen-bond acceptors (Lipinski definition) is 4. The van der Waals surface area contributed by atoms with Gasteiger partial charge in [-0.2, -0.15) is 0 Å². The lowest BCUT2D eigenvalue weighted by molar-refractivity contribution is 0.255. The van der Waals surface area contributed by atoms with E-state index in [4.69, 9.17) is 0 Å². The van der Waals surface area contributed by atoms with Gasteiger partial charge < -0.3 is 4.90 Å². The first-order valence-electron chi connectivity index (χ1n) is 9.76. The molecule has 1 N–H and O–H groups in total. The lowest BCUT2D eigenvalue weighted by Crippen LogP contribution is -2.47. The molecule has 0 aromatic heterocycles. The van der Waals surface area contributed by atoms with Gasteiger partial charge in [-0.15, -0.1) is 0 Å². The Bertz CT molecular complexity index is 820. The van der Waals surface area contributed by atoms with E-state index in [1.54, 1.807) is 0 Å². The fraction of sp³-hybridized carbons (Fsp3) is 0.429. The first-order valence-corrected chi connectivity index (χ1v) is 11.4. The zero-order valence-electron chi connectivity index (χ0n) is 16.1. The lowest BCUT2D eigenvalue weighted by atomic mass is 10.2. The van der Waals surface area contributed by atoms with Crippen LogP contribution in [0.25, 0.3) is 0 Å². The molecule has 0 unspecified atom stereocenters. The summed E-state index contributed by atoms with van der Waals surface area (Å²) < 4.78 is 40.0. The maximum Gasteiger partial charge on any atom is 0.211 e. The molecule has 0 aliphatic carbocycles. The number of piperazine rings is 1. The van der Waals surface area contributed by atoms with Crippen LogP contribution >= 0.6 is 0 Å². The Kier molecular flexibility index (Phi) is 7.42. The summed E-state index contributed by atoms with van der Waals surface area (Å²) in [7, 11) is -3.24. The van der Waals surface area contributed by atoms with E-state index in [1.165, 1.54) is 12.1 Å². The van der Waals surface area contributed by atoms with Crippen LogP contribution in [0.3, 0.4) is 0 Å². The Balaban J connectivity index is 1.32. The van der Waals surface area contributed by atoms with Gasteiger partial charge in [0.15, 0.2) is 0 Å². The predicted molar refractivity (Wildman–Crippen MR) is 112 cm³/mol. The second-order valence-corrected chi connectivity index (χ2v) is 9.03. The van der Waals surface area contributed by atoms with Gasteiger partial charge in [0.25, 0.3) is 0 Å². The smallest absolute Gasteiger partial charge is 0.211 e. The van der Waals surface area contributed by atoms with Crippen LogP contribution in [0.15, 0.2) is 54.6 Å². The Hall–Kier alpha value is -1.96. The lowest BCUT2D eigenvalue weighted by Gasteiger charge is -2.36.